The molecule has 2 radical (unpaired) electrons. The van der Waals surface area contributed by atoms with E-state index in [2.05, 4.69) is 146 Å². The lowest BCUT2D eigenvalue weighted by molar-refractivity contribution is 1.60. The lowest BCUT2D eigenvalue weighted by atomic mass is 9.95. The summed E-state index contributed by atoms with van der Waals surface area (Å²) in [6.45, 7) is 0. The van der Waals surface area contributed by atoms with E-state index in [-0.39, 0.29) is 0 Å². The second kappa shape index (κ2) is 9.58. The predicted molar refractivity (Wildman–Crippen MR) is 154 cm³/mol. The zero-order valence-electron chi connectivity index (χ0n) is 19.4. The highest BCUT2D eigenvalue weighted by Crippen LogP contribution is 2.29. The molecule has 0 fully saturated rings. The average Bonchev–Trinajstić information content (AvgIpc) is 2.94. The number of benzene rings is 6. The van der Waals surface area contributed by atoms with Crippen LogP contribution in [0.15, 0.2) is 133 Å². The molecule has 35 heavy (non-hydrogen) atoms. The molecular weight excluding hydrogens is 436 g/mol. The van der Waals surface area contributed by atoms with Crippen molar-refractivity contribution in [3.05, 3.63) is 145 Å². The maximum Gasteiger partial charge on any atom is 0.123 e. The van der Waals surface area contributed by atoms with Gasteiger partial charge in [0.25, 0.3) is 0 Å². The fourth-order valence-electron chi connectivity index (χ4n) is 4.74. The lowest BCUT2D eigenvalue weighted by Gasteiger charge is -2.15. The topological polar surface area (TPSA) is 0 Å². The Labute approximate surface area is 209 Å². The smallest absolute Gasteiger partial charge is 0.0631 e. The van der Waals surface area contributed by atoms with E-state index in [1.807, 2.05) is 0 Å². The van der Waals surface area contributed by atoms with Crippen molar-refractivity contribution in [1.82, 2.24) is 0 Å². The molecule has 0 amide bonds. The van der Waals surface area contributed by atoms with Crippen LogP contribution in [0.5, 0.6) is 0 Å². The fourth-order valence-corrected chi connectivity index (χ4v) is 6.09. The molecule has 1 heteroatoms. The van der Waals surface area contributed by atoms with Crippen LogP contribution in [0.4, 0.5) is 0 Å². The molecule has 6 rings (SSSR count). The summed E-state index contributed by atoms with van der Waals surface area (Å²) < 4.78 is 0. The lowest BCUT2D eigenvalue weighted by Crippen LogP contribution is -2.28. The van der Waals surface area contributed by atoms with Gasteiger partial charge < -0.3 is 0 Å². The van der Waals surface area contributed by atoms with E-state index in [1.165, 1.54) is 54.2 Å². The minimum Gasteiger partial charge on any atom is -0.0631 e. The van der Waals surface area contributed by atoms with Gasteiger partial charge in [-0.15, -0.1) is 0 Å². The second-order valence-corrected chi connectivity index (χ2v) is 10.0. The Morgan fingerprint density at radius 3 is 1.49 bits per heavy atom. The molecule has 0 bridgehead atoms. The van der Waals surface area contributed by atoms with Crippen LogP contribution in [-0.4, -0.2) is 9.52 Å². The Hall–Kier alpha value is -4.20. The first kappa shape index (κ1) is 21.3. The van der Waals surface area contributed by atoms with Crippen LogP contribution in [0.1, 0.15) is 11.1 Å². The first-order valence-electron chi connectivity index (χ1n) is 12.0. The molecule has 0 heterocycles. The van der Waals surface area contributed by atoms with Gasteiger partial charge in [-0.3, -0.25) is 0 Å². The van der Waals surface area contributed by atoms with Crippen molar-refractivity contribution in [2.24, 2.45) is 0 Å². The zero-order valence-corrected chi connectivity index (χ0v) is 20.4. The van der Waals surface area contributed by atoms with Crippen molar-refractivity contribution in [2.75, 3.05) is 0 Å². The zero-order chi connectivity index (χ0) is 23.5. The maximum atomic E-state index is 2.29. The number of fused-ring (bicyclic) bond motifs is 2. The normalized spacial score (nSPS) is 11.4. The molecule has 0 aliphatic heterocycles. The average molecular weight is 461 g/mol. The summed E-state index contributed by atoms with van der Waals surface area (Å²) in [5, 5.41) is 8.08. The fraction of sp³-hybridized carbons (Fsp3) is 0. The van der Waals surface area contributed by atoms with Crippen molar-refractivity contribution < 1.29 is 0 Å². The Balaban J connectivity index is 1.45. The Bertz CT molecular complexity index is 1570. The molecule has 0 saturated carbocycles. The molecule has 6 aromatic carbocycles. The first-order valence-corrected chi connectivity index (χ1v) is 13.0. The van der Waals surface area contributed by atoms with Gasteiger partial charge in [0.05, 0.1) is 0 Å². The van der Waals surface area contributed by atoms with Crippen LogP contribution in [0.3, 0.4) is 0 Å². The van der Waals surface area contributed by atoms with Crippen LogP contribution in [0, 0.1) is 0 Å². The van der Waals surface area contributed by atoms with Crippen molar-refractivity contribution in [3.63, 3.8) is 0 Å². The first-order chi connectivity index (χ1) is 17.4. The SMILES string of the molecule is C(=Cc1c2ccccc2c([Si]c2ccccc2)c2ccccc12)c1ccc(-c2ccccc2)cc1. The van der Waals surface area contributed by atoms with Gasteiger partial charge in [0.1, 0.15) is 9.52 Å². The molecule has 0 aliphatic rings. The van der Waals surface area contributed by atoms with Gasteiger partial charge in [-0.25, -0.2) is 0 Å². The van der Waals surface area contributed by atoms with Gasteiger partial charge >= 0.3 is 0 Å². The van der Waals surface area contributed by atoms with E-state index in [9.17, 15) is 0 Å². The van der Waals surface area contributed by atoms with Gasteiger partial charge in [0.2, 0.25) is 0 Å². The van der Waals surface area contributed by atoms with Crippen molar-refractivity contribution in [3.8, 4) is 11.1 Å². The van der Waals surface area contributed by atoms with Crippen LogP contribution < -0.4 is 10.4 Å². The molecule has 6 aromatic rings. The number of hydrogen-bond donors (Lipinski definition) is 0. The van der Waals surface area contributed by atoms with Gasteiger partial charge in [0, 0.05) is 0 Å². The third-order valence-corrected chi connectivity index (χ3v) is 7.89. The van der Waals surface area contributed by atoms with Gasteiger partial charge in [-0.05, 0) is 49.0 Å². The van der Waals surface area contributed by atoms with E-state index in [0.717, 1.165) is 0 Å². The van der Waals surface area contributed by atoms with E-state index in [0.29, 0.717) is 9.52 Å². The minimum atomic E-state index is 0.616. The summed E-state index contributed by atoms with van der Waals surface area (Å²) in [6.07, 6.45) is 4.53. The van der Waals surface area contributed by atoms with Gasteiger partial charge in [-0.2, -0.15) is 0 Å². The van der Waals surface area contributed by atoms with Crippen LogP contribution >= 0.6 is 0 Å². The van der Waals surface area contributed by atoms with E-state index in [1.54, 1.807) is 0 Å². The molecule has 0 spiro atoms. The summed E-state index contributed by atoms with van der Waals surface area (Å²) in [7, 11) is 0.616. The maximum absolute atomic E-state index is 2.29. The summed E-state index contributed by atoms with van der Waals surface area (Å²) in [5.41, 5.74) is 4.97. The number of hydrogen-bond acceptors (Lipinski definition) is 0. The Morgan fingerprint density at radius 2 is 0.886 bits per heavy atom. The van der Waals surface area contributed by atoms with Crippen molar-refractivity contribution >= 4 is 53.6 Å². The summed E-state index contributed by atoms with van der Waals surface area (Å²) in [4.78, 5) is 0. The van der Waals surface area contributed by atoms with E-state index in [4.69, 9.17) is 0 Å². The van der Waals surface area contributed by atoms with Gasteiger partial charge in [0.15, 0.2) is 0 Å². The largest absolute Gasteiger partial charge is 0.123 e. The molecule has 0 unspecified atom stereocenters. The quantitative estimate of drug-likeness (QED) is 0.142. The summed E-state index contributed by atoms with van der Waals surface area (Å²) in [6, 6.07) is 47.9. The van der Waals surface area contributed by atoms with E-state index >= 15 is 0 Å². The molecule has 164 valence electrons. The van der Waals surface area contributed by atoms with Crippen molar-refractivity contribution in [1.29, 1.82) is 0 Å². The number of rotatable bonds is 5. The minimum absolute atomic E-state index is 0.616. The van der Waals surface area contributed by atoms with Crippen LogP contribution in [-0.2, 0) is 0 Å². The Kier molecular flexibility index (Phi) is 5.84. The highest BCUT2D eigenvalue weighted by atomic mass is 28.2. The molecular formula is C34H24Si. The third-order valence-electron chi connectivity index (χ3n) is 6.48. The molecule has 0 saturated heterocycles. The molecule has 0 aliphatic carbocycles. The van der Waals surface area contributed by atoms with E-state index < -0.39 is 0 Å². The van der Waals surface area contributed by atoms with Gasteiger partial charge in [-0.1, -0.05) is 151 Å². The molecule has 0 atom stereocenters. The molecule has 0 N–H and O–H groups in total. The van der Waals surface area contributed by atoms with Crippen molar-refractivity contribution in [2.45, 2.75) is 0 Å². The predicted octanol–water partition coefficient (Wildman–Crippen LogP) is 7.49. The summed E-state index contributed by atoms with van der Waals surface area (Å²) in [5.74, 6) is 0. The highest BCUT2D eigenvalue weighted by molar-refractivity contribution is 6.72. The monoisotopic (exact) mass is 460 g/mol. The van der Waals surface area contributed by atoms with Crippen LogP contribution in [0.25, 0.3) is 44.8 Å². The van der Waals surface area contributed by atoms with Crippen LogP contribution in [0.2, 0.25) is 0 Å². The molecule has 0 aromatic heterocycles. The highest BCUT2D eigenvalue weighted by Gasteiger charge is 2.13. The second-order valence-electron chi connectivity index (χ2n) is 8.69. The summed E-state index contributed by atoms with van der Waals surface area (Å²) >= 11 is 0. The Morgan fingerprint density at radius 1 is 0.400 bits per heavy atom. The standard InChI is InChI=1S/C34H24Si/c1-3-11-26(12-4-1)27-22-19-25(20-23-27)21-24-31-29-15-7-9-17-32(29)34(33-18-10-8-16-30(31)33)35-28-13-5-2-6-14-28/h1-24H. The molecule has 0 nitrogen and oxygen atoms in total. The third kappa shape index (κ3) is 4.34.